The van der Waals surface area contributed by atoms with E-state index in [1.54, 1.807) is 18.2 Å². The maximum absolute atomic E-state index is 11.2. The zero-order chi connectivity index (χ0) is 15.0. The number of benzene rings is 1. The first-order valence-corrected chi connectivity index (χ1v) is 8.59. The molecule has 0 heterocycles. The second-order valence-corrected chi connectivity index (χ2v) is 6.89. The van der Waals surface area contributed by atoms with Crippen molar-refractivity contribution in [3.8, 4) is 5.75 Å². The van der Waals surface area contributed by atoms with Gasteiger partial charge in [0.1, 0.15) is 18.5 Å². The van der Waals surface area contributed by atoms with Gasteiger partial charge >= 0.3 is 0 Å². The topological polar surface area (TPSA) is 58.6 Å². The van der Waals surface area contributed by atoms with Gasteiger partial charge in [0.2, 0.25) is 0 Å². The van der Waals surface area contributed by atoms with Crippen molar-refractivity contribution in [1.82, 2.24) is 5.32 Å². The summed E-state index contributed by atoms with van der Waals surface area (Å²) in [5.74, 6) is 1.73. The van der Waals surface area contributed by atoms with Crippen molar-refractivity contribution in [2.24, 2.45) is 0 Å². The fourth-order valence-corrected chi connectivity index (χ4v) is 2.56. The summed E-state index contributed by atoms with van der Waals surface area (Å²) in [6.07, 6.45) is -0.656. The quantitative estimate of drug-likeness (QED) is 0.676. The number of hydrogen-bond donors (Lipinski definition) is 2. The maximum atomic E-state index is 11.2. The van der Waals surface area contributed by atoms with Crippen molar-refractivity contribution >= 4 is 34.0 Å². The fourth-order valence-electron chi connectivity index (χ4n) is 1.44. The van der Waals surface area contributed by atoms with Crippen molar-refractivity contribution < 1.29 is 14.1 Å². The number of ether oxygens (including phenoxy) is 1. The molecule has 0 fully saturated rings. The van der Waals surface area contributed by atoms with Crippen LogP contribution in [0.1, 0.15) is 6.92 Å². The molecule has 2 atom stereocenters. The van der Waals surface area contributed by atoms with Crippen LogP contribution in [0.15, 0.2) is 18.2 Å². The molecule has 7 heteroatoms. The lowest BCUT2D eigenvalue weighted by Crippen LogP contribution is -2.33. The Morgan fingerprint density at radius 1 is 1.45 bits per heavy atom. The highest BCUT2D eigenvalue weighted by Gasteiger charge is 2.08. The molecule has 0 saturated carbocycles. The molecule has 4 nitrogen and oxygen atoms in total. The number of nitrogens with one attached hydrogen (secondary N) is 1. The van der Waals surface area contributed by atoms with E-state index in [2.05, 4.69) is 5.32 Å². The van der Waals surface area contributed by atoms with Crippen LogP contribution in [0.5, 0.6) is 5.75 Å². The van der Waals surface area contributed by atoms with Crippen LogP contribution >= 0.6 is 23.2 Å². The van der Waals surface area contributed by atoms with Crippen LogP contribution in [0.2, 0.25) is 10.0 Å². The molecule has 20 heavy (non-hydrogen) atoms. The van der Waals surface area contributed by atoms with Crippen LogP contribution in [0.3, 0.4) is 0 Å². The van der Waals surface area contributed by atoms with Crippen LogP contribution in [-0.4, -0.2) is 46.6 Å². The predicted molar refractivity (Wildman–Crippen MR) is 84.4 cm³/mol. The normalized spacial score (nSPS) is 14.0. The molecular weight excluding hydrogens is 321 g/mol. The molecule has 1 aromatic carbocycles. The van der Waals surface area contributed by atoms with E-state index < -0.39 is 16.9 Å². The van der Waals surface area contributed by atoms with Gasteiger partial charge < -0.3 is 15.2 Å². The van der Waals surface area contributed by atoms with Crippen LogP contribution in [-0.2, 0) is 10.8 Å². The first kappa shape index (κ1) is 17.7. The Morgan fingerprint density at radius 3 is 2.85 bits per heavy atom. The standard InChI is InChI=1S/C13H19Cl2NO3S/c1-2-20(18)6-5-16-8-11(17)9-19-13-4-3-10(14)7-12(13)15/h3-4,7,11,16-17H,2,5-6,8-9H2,1H3. The Morgan fingerprint density at radius 2 is 2.20 bits per heavy atom. The molecule has 0 radical (unpaired) electrons. The van der Waals surface area contributed by atoms with E-state index in [1.807, 2.05) is 6.92 Å². The van der Waals surface area contributed by atoms with Crippen LogP contribution in [0, 0.1) is 0 Å². The number of hydrogen-bond acceptors (Lipinski definition) is 4. The summed E-state index contributed by atoms with van der Waals surface area (Å²) in [4.78, 5) is 0. The lowest BCUT2D eigenvalue weighted by Gasteiger charge is -2.14. The molecule has 1 rings (SSSR count). The lowest BCUT2D eigenvalue weighted by molar-refractivity contribution is 0.107. The Hall–Kier alpha value is -0.330. The SMILES string of the molecule is CCS(=O)CCNCC(O)COc1ccc(Cl)cc1Cl. The second kappa shape index (κ2) is 9.58. The number of aliphatic hydroxyl groups excluding tert-OH is 1. The smallest absolute Gasteiger partial charge is 0.138 e. The third-order valence-corrected chi connectivity index (χ3v) is 4.37. The Labute approximate surface area is 131 Å². The third kappa shape index (κ3) is 6.90. The lowest BCUT2D eigenvalue weighted by atomic mass is 10.3. The monoisotopic (exact) mass is 339 g/mol. The average molecular weight is 340 g/mol. The summed E-state index contributed by atoms with van der Waals surface area (Å²) in [6, 6.07) is 4.92. The van der Waals surface area contributed by atoms with Gasteiger partial charge in [-0.15, -0.1) is 0 Å². The van der Waals surface area contributed by atoms with E-state index in [-0.39, 0.29) is 6.61 Å². The van der Waals surface area contributed by atoms with Gasteiger partial charge in [-0.3, -0.25) is 4.21 Å². The molecule has 0 aromatic heterocycles. The Bertz CT molecular complexity index is 446. The van der Waals surface area contributed by atoms with Gasteiger partial charge in [-0.05, 0) is 18.2 Å². The second-order valence-electron chi connectivity index (χ2n) is 4.18. The van der Waals surface area contributed by atoms with Gasteiger partial charge in [0.05, 0.1) is 5.02 Å². The fraction of sp³-hybridized carbons (Fsp3) is 0.538. The Balaban J connectivity index is 2.22. The molecule has 0 saturated heterocycles. The molecule has 0 bridgehead atoms. The highest BCUT2D eigenvalue weighted by molar-refractivity contribution is 7.84. The molecule has 1 aromatic rings. The minimum Gasteiger partial charge on any atom is -0.489 e. The van der Waals surface area contributed by atoms with Crippen molar-refractivity contribution in [3.05, 3.63) is 28.2 Å². The first-order valence-electron chi connectivity index (χ1n) is 6.34. The van der Waals surface area contributed by atoms with Crippen molar-refractivity contribution in [2.75, 3.05) is 31.2 Å². The minimum atomic E-state index is -0.786. The molecule has 0 aliphatic heterocycles. The summed E-state index contributed by atoms with van der Waals surface area (Å²) in [7, 11) is -0.786. The summed E-state index contributed by atoms with van der Waals surface area (Å²) in [5.41, 5.74) is 0. The van der Waals surface area contributed by atoms with Gasteiger partial charge in [-0.1, -0.05) is 30.1 Å². The van der Waals surface area contributed by atoms with Gasteiger partial charge in [0, 0.05) is 40.4 Å². The van der Waals surface area contributed by atoms with Gasteiger partial charge in [0.15, 0.2) is 0 Å². The molecule has 0 aliphatic rings. The minimum absolute atomic E-state index is 0.130. The zero-order valence-electron chi connectivity index (χ0n) is 11.3. The molecule has 0 amide bonds. The predicted octanol–water partition coefficient (Wildman–Crippen LogP) is 2.09. The zero-order valence-corrected chi connectivity index (χ0v) is 13.6. The van der Waals surface area contributed by atoms with Gasteiger partial charge in [-0.2, -0.15) is 0 Å². The van der Waals surface area contributed by atoms with Crippen molar-refractivity contribution in [1.29, 1.82) is 0 Å². The van der Waals surface area contributed by atoms with E-state index in [0.717, 1.165) is 0 Å². The van der Waals surface area contributed by atoms with Gasteiger partial charge in [-0.25, -0.2) is 0 Å². The average Bonchev–Trinajstić information content (AvgIpc) is 2.42. The van der Waals surface area contributed by atoms with E-state index in [4.69, 9.17) is 27.9 Å². The third-order valence-electron chi connectivity index (χ3n) is 2.53. The van der Waals surface area contributed by atoms with Crippen molar-refractivity contribution in [2.45, 2.75) is 13.0 Å². The summed E-state index contributed by atoms with van der Waals surface area (Å²) in [6.45, 7) is 3.01. The van der Waals surface area contributed by atoms with Crippen LogP contribution in [0.4, 0.5) is 0 Å². The van der Waals surface area contributed by atoms with Crippen LogP contribution in [0.25, 0.3) is 0 Å². The maximum Gasteiger partial charge on any atom is 0.138 e. The van der Waals surface area contributed by atoms with E-state index >= 15 is 0 Å². The first-order chi connectivity index (χ1) is 9.52. The van der Waals surface area contributed by atoms with E-state index in [9.17, 15) is 9.32 Å². The summed E-state index contributed by atoms with van der Waals surface area (Å²) >= 11 is 11.7. The molecule has 0 aliphatic carbocycles. The summed E-state index contributed by atoms with van der Waals surface area (Å²) in [5, 5.41) is 13.7. The molecule has 2 unspecified atom stereocenters. The number of rotatable bonds is 9. The molecular formula is C13H19Cl2NO3S. The molecule has 114 valence electrons. The van der Waals surface area contributed by atoms with E-state index in [0.29, 0.717) is 40.4 Å². The number of halogens is 2. The Kier molecular flexibility index (Phi) is 8.49. The number of aliphatic hydroxyl groups is 1. The summed E-state index contributed by atoms with van der Waals surface area (Å²) < 4.78 is 16.6. The van der Waals surface area contributed by atoms with E-state index in [1.165, 1.54) is 0 Å². The highest BCUT2D eigenvalue weighted by Crippen LogP contribution is 2.27. The van der Waals surface area contributed by atoms with Crippen LogP contribution < -0.4 is 10.1 Å². The highest BCUT2D eigenvalue weighted by atomic mass is 35.5. The molecule has 0 spiro atoms. The van der Waals surface area contributed by atoms with Crippen molar-refractivity contribution in [3.63, 3.8) is 0 Å². The molecule has 2 N–H and O–H groups in total. The largest absolute Gasteiger partial charge is 0.489 e. The van der Waals surface area contributed by atoms with Gasteiger partial charge in [0.25, 0.3) is 0 Å².